The molecule has 4 heteroatoms. The second-order valence-corrected chi connectivity index (χ2v) is 7.43. The number of amides is 1. The van der Waals surface area contributed by atoms with Crippen LogP contribution in [0.5, 0.6) is 5.75 Å². The number of rotatable bonds is 3. The van der Waals surface area contributed by atoms with Gasteiger partial charge in [0.1, 0.15) is 5.75 Å². The van der Waals surface area contributed by atoms with Gasteiger partial charge in [-0.3, -0.25) is 4.79 Å². The van der Waals surface area contributed by atoms with Gasteiger partial charge in [-0.05, 0) is 64.3 Å². The third-order valence-corrected chi connectivity index (χ3v) is 3.86. The molecule has 0 bridgehead atoms. The molecule has 0 atom stereocenters. The second kappa shape index (κ2) is 6.13. The maximum atomic E-state index is 12.1. The SMILES string of the molecule is CC1(C)CC(NC(=O)/C=C/c2ccc(O)cc2)CC(C)(C)N1. The standard InChI is InChI=1S/C18H26N2O2/c1-17(2)11-14(12-18(3,4)20-17)19-16(22)10-7-13-5-8-15(21)9-6-13/h5-10,14,20-21H,11-12H2,1-4H3,(H,19,22)/b10-7+. The molecule has 0 spiro atoms. The molecule has 2 rings (SSSR count). The van der Waals surface area contributed by atoms with Gasteiger partial charge in [0, 0.05) is 23.2 Å². The molecule has 1 saturated heterocycles. The monoisotopic (exact) mass is 302 g/mol. The van der Waals surface area contributed by atoms with Gasteiger partial charge in [-0.2, -0.15) is 0 Å². The van der Waals surface area contributed by atoms with Crippen LogP contribution in [0.1, 0.15) is 46.1 Å². The fraction of sp³-hybridized carbons (Fsp3) is 0.500. The van der Waals surface area contributed by atoms with E-state index in [4.69, 9.17) is 0 Å². The summed E-state index contributed by atoms with van der Waals surface area (Å²) in [5, 5.41) is 15.9. The lowest BCUT2D eigenvalue weighted by Crippen LogP contribution is -2.62. The highest BCUT2D eigenvalue weighted by Crippen LogP contribution is 2.28. The van der Waals surface area contributed by atoms with E-state index in [-0.39, 0.29) is 28.8 Å². The first-order valence-electron chi connectivity index (χ1n) is 7.72. The fourth-order valence-corrected chi connectivity index (χ4v) is 3.43. The zero-order chi connectivity index (χ0) is 16.4. The highest BCUT2D eigenvalue weighted by atomic mass is 16.3. The van der Waals surface area contributed by atoms with Crippen LogP contribution >= 0.6 is 0 Å². The predicted molar refractivity (Wildman–Crippen MR) is 89.6 cm³/mol. The Morgan fingerprint density at radius 3 is 2.27 bits per heavy atom. The summed E-state index contributed by atoms with van der Waals surface area (Å²) >= 11 is 0. The van der Waals surface area contributed by atoms with Crippen LogP contribution in [0.15, 0.2) is 30.3 Å². The predicted octanol–water partition coefficient (Wildman–Crippen LogP) is 2.83. The molecule has 1 fully saturated rings. The Kier molecular flexibility index (Phi) is 4.61. The molecule has 0 aromatic heterocycles. The van der Waals surface area contributed by atoms with E-state index in [0.29, 0.717) is 0 Å². The van der Waals surface area contributed by atoms with Crippen molar-refractivity contribution in [1.82, 2.24) is 10.6 Å². The Labute approximate surface area is 132 Å². The number of phenolic OH excluding ortho intramolecular Hbond substituents is 1. The molecule has 1 aliphatic heterocycles. The Morgan fingerprint density at radius 1 is 1.18 bits per heavy atom. The third-order valence-electron chi connectivity index (χ3n) is 3.86. The molecule has 22 heavy (non-hydrogen) atoms. The topological polar surface area (TPSA) is 61.4 Å². The molecule has 120 valence electrons. The number of aromatic hydroxyl groups is 1. The van der Waals surface area contributed by atoms with E-state index in [1.807, 2.05) is 0 Å². The van der Waals surface area contributed by atoms with E-state index in [2.05, 4.69) is 38.3 Å². The van der Waals surface area contributed by atoms with Crippen molar-refractivity contribution in [1.29, 1.82) is 0 Å². The number of carbonyl (C=O) groups excluding carboxylic acids is 1. The lowest BCUT2D eigenvalue weighted by atomic mass is 9.79. The Morgan fingerprint density at radius 2 is 1.73 bits per heavy atom. The summed E-state index contributed by atoms with van der Waals surface area (Å²) in [6.45, 7) is 8.66. The van der Waals surface area contributed by atoms with Gasteiger partial charge >= 0.3 is 0 Å². The minimum Gasteiger partial charge on any atom is -0.508 e. The Hall–Kier alpha value is -1.81. The Bertz CT molecular complexity index is 543. The van der Waals surface area contributed by atoms with Gasteiger partial charge in [-0.1, -0.05) is 12.1 Å². The van der Waals surface area contributed by atoms with Gasteiger partial charge in [0.25, 0.3) is 0 Å². The molecule has 1 aliphatic rings. The maximum Gasteiger partial charge on any atom is 0.244 e. The number of carbonyl (C=O) groups is 1. The number of benzene rings is 1. The maximum absolute atomic E-state index is 12.1. The first-order valence-corrected chi connectivity index (χ1v) is 7.72. The molecule has 1 amide bonds. The van der Waals surface area contributed by atoms with Crippen molar-refractivity contribution in [3.63, 3.8) is 0 Å². The average molecular weight is 302 g/mol. The number of phenols is 1. The summed E-state index contributed by atoms with van der Waals surface area (Å²) in [6, 6.07) is 6.93. The summed E-state index contributed by atoms with van der Waals surface area (Å²) in [7, 11) is 0. The van der Waals surface area contributed by atoms with Crippen LogP contribution in [0.2, 0.25) is 0 Å². The lowest BCUT2D eigenvalue weighted by Gasteiger charge is -2.46. The minimum absolute atomic E-state index is 0.0143. The first-order chi connectivity index (χ1) is 10.2. The van der Waals surface area contributed by atoms with Gasteiger partial charge in [0.2, 0.25) is 5.91 Å². The van der Waals surface area contributed by atoms with Crippen LogP contribution in [0.25, 0.3) is 6.08 Å². The fourth-order valence-electron chi connectivity index (χ4n) is 3.43. The van der Waals surface area contributed by atoms with Crippen molar-refractivity contribution in [3.05, 3.63) is 35.9 Å². The van der Waals surface area contributed by atoms with E-state index < -0.39 is 0 Å². The van der Waals surface area contributed by atoms with Crippen molar-refractivity contribution in [2.45, 2.75) is 57.7 Å². The smallest absolute Gasteiger partial charge is 0.244 e. The van der Waals surface area contributed by atoms with Crippen LogP contribution in [-0.4, -0.2) is 28.1 Å². The van der Waals surface area contributed by atoms with Gasteiger partial charge in [0.05, 0.1) is 0 Å². The largest absolute Gasteiger partial charge is 0.508 e. The number of nitrogens with one attached hydrogen (secondary N) is 2. The molecule has 0 unspecified atom stereocenters. The average Bonchev–Trinajstić information content (AvgIpc) is 2.34. The van der Waals surface area contributed by atoms with E-state index in [1.165, 1.54) is 0 Å². The molecule has 0 saturated carbocycles. The molecule has 0 radical (unpaired) electrons. The highest BCUT2D eigenvalue weighted by molar-refractivity contribution is 5.91. The van der Waals surface area contributed by atoms with Crippen molar-refractivity contribution < 1.29 is 9.90 Å². The molecule has 3 N–H and O–H groups in total. The summed E-state index contributed by atoms with van der Waals surface area (Å²) < 4.78 is 0. The van der Waals surface area contributed by atoms with E-state index in [0.717, 1.165) is 18.4 Å². The van der Waals surface area contributed by atoms with Crippen molar-refractivity contribution in [2.24, 2.45) is 0 Å². The number of hydrogen-bond donors (Lipinski definition) is 3. The van der Waals surface area contributed by atoms with E-state index in [9.17, 15) is 9.90 Å². The Balaban J connectivity index is 1.95. The number of hydrogen-bond acceptors (Lipinski definition) is 3. The highest BCUT2D eigenvalue weighted by Gasteiger charge is 2.37. The van der Waals surface area contributed by atoms with Crippen LogP contribution in [0.4, 0.5) is 0 Å². The third kappa shape index (κ3) is 4.88. The summed E-state index contributed by atoms with van der Waals surface area (Å²) in [6.07, 6.45) is 5.13. The summed E-state index contributed by atoms with van der Waals surface area (Å²) in [4.78, 5) is 12.1. The van der Waals surface area contributed by atoms with Gasteiger partial charge in [-0.15, -0.1) is 0 Å². The van der Waals surface area contributed by atoms with Crippen LogP contribution < -0.4 is 10.6 Å². The second-order valence-electron chi connectivity index (χ2n) is 7.43. The molecular formula is C18H26N2O2. The quantitative estimate of drug-likeness (QED) is 0.752. The zero-order valence-electron chi connectivity index (χ0n) is 13.8. The summed E-state index contributed by atoms with van der Waals surface area (Å²) in [5.74, 6) is 0.146. The number of piperidine rings is 1. The molecule has 0 aliphatic carbocycles. The van der Waals surface area contributed by atoms with E-state index >= 15 is 0 Å². The lowest BCUT2D eigenvalue weighted by molar-refractivity contribution is -0.117. The van der Waals surface area contributed by atoms with Crippen molar-refractivity contribution in [3.8, 4) is 5.75 Å². The molecule has 1 aromatic carbocycles. The molecule has 4 nitrogen and oxygen atoms in total. The minimum atomic E-state index is -0.0772. The van der Waals surface area contributed by atoms with Crippen molar-refractivity contribution >= 4 is 12.0 Å². The molecular weight excluding hydrogens is 276 g/mol. The van der Waals surface area contributed by atoms with E-state index in [1.54, 1.807) is 36.4 Å². The van der Waals surface area contributed by atoms with Crippen LogP contribution in [0, 0.1) is 0 Å². The first kappa shape index (κ1) is 16.6. The van der Waals surface area contributed by atoms with Crippen LogP contribution in [-0.2, 0) is 4.79 Å². The molecule has 1 aromatic rings. The molecule has 1 heterocycles. The van der Waals surface area contributed by atoms with Gasteiger partial charge in [-0.25, -0.2) is 0 Å². The zero-order valence-corrected chi connectivity index (χ0v) is 13.8. The van der Waals surface area contributed by atoms with Gasteiger partial charge < -0.3 is 15.7 Å². The summed E-state index contributed by atoms with van der Waals surface area (Å²) in [5.41, 5.74) is 0.916. The van der Waals surface area contributed by atoms with Gasteiger partial charge in [0.15, 0.2) is 0 Å². The van der Waals surface area contributed by atoms with Crippen molar-refractivity contribution in [2.75, 3.05) is 0 Å². The normalized spacial score (nSPS) is 20.9. The van der Waals surface area contributed by atoms with Crippen LogP contribution in [0.3, 0.4) is 0 Å².